The van der Waals surface area contributed by atoms with Gasteiger partial charge >= 0.3 is 6.18 Å². The van der Waals surface area contributed by atoms with E-state index in [1.165, 1.54) is 6.07 Å². The van der Waals surface area contributed by atoms with Gasteiger partial charge in [0.1, 0.15) is 0 Å². The van der Waals surface area contributed by atoms with Gasteiger partial charge in [0, 0.05) is 6.54 Å². The first kappa shape index (κ1) is 17.5. The fourth-order valence-corrected chi connectivity index (χ4v) is 2.10. The van der Waals surface area contributed by atoms with E-state index >= 15 is 0 Å². The second-order valence-corrected chi connectivity index (χ2v) is 5.07. The molecule has 0 heterocycles. The van der Waals surface area contributed by atoms with Crippen molar-refractivity contribution in [2.45, 2.75) is 38.9 Å². The summed E-state index contributed by atoms with van der Waals surface area (Å²) in [7, 11) is 0. The van der Waals surface area contributed by atoms with Gasteiger partial charge in [-0.25, -0.2) is 0 Å². The number of nitrogens with two attached hydrogens (primary N) is 1. The lowest BCUT2D eigenvalue weighted by molar-refractivity contribution is -0.137. The molecule has 1 aromatic rings. The molecule has 0 fully saturated rings. The van der Waals surface area contributed by atoms with E-state index < -0.39 is 17.8 Å². The van der Waals surface area contributed by atoms with Crippen molar-refractivity contribution in [1.29, 1.82) is 0 Å². The van der Waals surface area contributed by atoms with Crippen LogP contribution in [-0.2, 0) is 11.0 Å². The molecule has 0 bridgehead atoms. The zero-order valence-corrected chi connectivity index (χ0v) is 12.2. The van der Waals surface area contributed by atoms with Crippen LogP contribution in [0, 0.1) is 5.92 Å². The number of alkyl halides is 3. The Hall–Kier alpha value is -1.56. The maximum absolute atomic E-state index is 12.7. The third-order valence-electron chi connectivity index (χ3n) is 3.37. The summed E-state index contributed by atoms with van der Waals surface area (Å²) in [6.07, 6.45) is -2.90. The number of carbonyl (C=O) groups excluding carboxylic acids is 1. The monoisotopic (exact) mass is 302 g/mol. The van der Waals surface area contributed by atoms with Crippen LogP contribution in [0.25, 0.3) is 0 Å². The summed E-state index contributed by atoms with van der Waals surface area (Å²) in [5, 5.41) is 2.72. The number of nitrogens with one attached hydrogen (secondary N) is 1. The van der Waals surface area contributed by atoms with Crippen LogP contribution in [0.2, 0.25) is 0 Å². The minimum Gasteiger partial charge on any atom is -0.349 e. The Morgan fingerprint density at radius 1 is 1.38 bits per heavy atom. The van der Waals surface area contributed by atoms with Crippen LogP contribution in [0.3, 0.4) is 0 Å². The van der Waals surface area contributed by atoms with Crippen LogP contribution in [0.5, 0.6) is 0 Å². The smallest absolute Gasteiger partial charge is 0.349 e. The van der Waals surface area contributed by atoms with Gasteiger partial charge in [-0.1, -0.05) is 25.5 Å². The maximum Gasteiger partial charge on any atom is 0.416 e. The quantitative estimate of drug-likeness (QED) is 0.847. The Balaban J connectivity index is 2.80. The van der Waals surface area contributed by atoms with Crippen LogP contribution in [-0.4, -0.2) is 12.5 Å². The molecule has 3 N–H and O–H groups in total. The Bertz CT molecular complexity index is 474. The summed E-state index contributed by atoms with van der Waals surface area (Å²) in [5.41, 5.74) is 5.25. The van der Waals surface area contributed by atoms with Gasteiger partial charge in [0.15, 0.2) is 0 Å². The Kier molecular flexibility index (Phi) is 6.20. The number of hydrogen-bond acceptors (Lipinski definition) is 2. The highest BCUT2D eigenvalue weighted by Crippen LogP contribution is 2.30. The summed E-state index contributed by atoms with van der Waals surface area (Å²) in [4.78, 5) is 12.0. The van der Waals surface area contributed by atoms with E-state index in [9.17, 15) is 18.0 Å². The normalized spacial score (nSPS) is 14.6. The van der Waals surface area contributed by atoms with E-state index in [0.29, 0.717) is 12.0 Å². The first-order chi connectivity index (χ1) is 9.79. The molecule has 21 heavy (non-hydrogen) atoms. The highest BCUT2D eigenvalue weighted by atomic mass is 19.4. The minimum absolute atomic E-state index is 0.218. The van der Waals surface area contributed by atoms with Gasteiger partial charge in [-0.05, 0) is 31.0 Å². The first-order valence-corrected chi connectivity index (χ1v) is 6.97. The Labute approximate surface area is 122 Å². The average molecular weight is 302 g/mol. The molecule has 0 aliphatic carbocycles. The Morgan fingerprint density at radius 2 is 2.05 bits per heavy atom. The highest BCUT2D eigenvalue weighted by molar-refractivity contribution is 5.79. The van der Waals surface area contributed by atoms with Gasteiger partial charge in [-0.2, -0.15) is 13.2 Å². The van der Waals surface area contributed by atoms with Crippen molar-refractivity contribution in [1.82, 2.24) is 5.32 Å². The number of halogens is 3. The largest absolute Gasteiger partial charge is 0.416 e. The van der Waals surface area contributed by atoms with Gasteiger partial charge < -0.3 is 11.1 Å². The van der Waals surface area contributed by atoms with Crippen molar-refractivity contribution in [3.8, 4) is 0 Å². The van der Waals surface area contributed by atoms with E-state index in [-0.39, 0.29) is 18.4 Å². The van der Waals surface area contributed by atoms with Crippen LogP contribution < -0.4 is 11.1 Å². The van der Waals surface area contributed by atoms with Gasteiger partial charge in [0.2, 0.25) is 5.91 Å². The fourth-order valence-electron chi connectivity index (χ4n) is 2.10. The molecule has 0 aliphatic heterocycles. The lowest BCUT2D eigenvalue weighted by atomic mass is 10.0. The van der Waals surface area contributed by atoms with Crippen molar-refractivity contribution in [3.05, 3.63) is 35.4 Å². The van der Waals surface area contributed by atoms with Crippen molar-refractivity contribution >= 4 is 5.91 Å². The summed E-state index contributed by atoms with van der Waals surface area (Å²) in [6.45, 7) is 3.84. The minimum atomic E-state index is -4.39. The third-order valence-corrected chi connectivity index (χ3v) is 3.37. The molecule has 0 spiro atoms. The number of rotatable bonds is 6. The van der Waals surface area contributed by atoms with Crippen LogP contribution >= 0.6 is 0 Å². The summed E-state index contributed by atoms with van der Waals surface area (Å²) >= 11 is 0. The van der Waals surface area contributed by atoms with E-state index in [1.807, 2.05) is 6.92 Å². The zero-order chi connectivity index (χ0) is 16.0. The molecule has 1 amide bonds. The highest BCUT2D eigenvalue weighted by Gasteiger charge is 2.30. The summed E-state index contributed by atoms with van der Waals surface area (Å²) in [5.74, 6) is -0.521. The summed E-state index contributed by atoms with van der Waals surface area (Å²) < 4.78 is 38.0. The number of carbonyl (C=O) groups is 1. The fraction of sp³-hybridized carbons (Fsp3) is 0.533. The Morgan fingerprint density at radius 3 is 2.57 bits per heavy atom. The molecule has 6 heteroatoms. The zero-order valence-electron chi connectivity index (χ0n) is 12.2. The molecule has 2 atom stereocenters. The molecule has 1 aromatic carbocycles. The maximum atomic E-state index is 12.7. The van der Waals surface area contributed by atoms with Crippen LogP contribution in [0.4, 0.5) is 13.2 Å². The molecule has 118 valence electrons. The molecule has 1 rings (SSSR count). The van der Waals surface area contributed by atoms with E-state index in [4.69, 9.17) is 5.73 Å². The lowest BCUT2D eigenvalue weighted by Gasteiger charge is -2.20. The molecule has 0 radical (unpaired) electrons. The second-order valence-electron chi connectivity index (χ2n) is 5.07. The van der Waals surface area contributed by atoms with Crippen LogP contribution in [0.1, 0.15) is 43.9 Å². The van der Waals surface area contributed by atoms with Gasteiger partial charge in [-0.3, -0.25) is 4.79 Å². The average Bonchev–Trinajstić information content (AvgIpc) is 2.43. The molecule has 0 saturated carbocycles. The number of amides is 1. The van der Waals surface area contributed by atoms with Gasteiger partial charge in [0.25, 0.3) is 0 Å². The molecular formula is C15H21F3N2O. The van der Waals surface area contributed by atoms with Gasteiger partial charge in [-0.15, -0.1) is 0 Å². The number of hydrogen-bond donors (Lipinski definition) is 2. The molecule has 3 nitrogen and oxygen atoms in total. The second kappa shape index (κ2) is 7.45. The molecule has 2 unspecified atom stereocenters. The number of benzene rings is 1. The summed E-state index contributed by atoms with van der Waals surface area (Å²) in [6, 6.07) is 4.48. The van der Waals surface area contributed by atoms with Crippen molar-refractivity contribution in [2.75, 3.05) is 6.54 Å². The predicted octanol–water partition coefficient (Wildman–Crippen LogP) is 3.26. The molecule has 0 aromatic heterocycles. The molecule has 0 aliphatic rings. The molecular weight excluding hydrogens is 281 g/mol. The van der Waals surface area contributed by atoms with Crippen molar-refractivity contribution in [2.24, 2.45) is 11.7 Å². The van der Waals surface area contributed by atoms with E-state index in [2.05, 4.69) is 5.32 Å². The topological polar surface area (TPSA) is 55.1 Å². The van der Waals surface area contributed by atoms with Crippen molar-refractivity contribution < 1.29 is 18.0 Å². The van der Waals surface area contributed by atoms with Crippen molar-refractivity contribution in [3.63, 3.8) is 0 Å². The standard InChI is InChI=1S/C15H21F3N2O/c1-3-5-12(9-19)14(21)20-10(2)11-6-4-7-13(8-11)15(16,17)18/h4,6-8,10,12H,3,5,9,19H2,1-2H3,(H,20,21). The van der Waals surface area contributed by atoms with Gasteiger partial charge in [0.05, 0.1) is 17.5 Å². The third kappa shape index (κ3) is 5.04. The predicted molar refractivity (Wildman–Crippen MR) is 75.5 cm³/mol. The lowest BCUT2D eigenvalue weighted by Crippen LogP contribution is -2.36. The van der Waals surface area contributed by atoms with E-state index in [1.54, 1.807) is 13.0 Å². The molecule has 0 saturated heterocycles. The van der Waals surface area contributed by atoms with E-state index in [0.717, 1.165) is 18.6 Å². The SMILES string of the molecule is CCCC(CN)C(=O)NC(C)c1cccc(C(F)(F)F)c1. The van der Waals surface area contributed by atoms with Crippen LogP contribution in [0.15, 0.2) is 24.3 Å². The first-order valence-electron chi connectivity index (χ1n) is 6.97.